The van der Waals surface area contributed by atoms with Crippen molar-refractivity contribution in [3.05, 3.63) is 24.0 Å². The van der Waals surface area contributed by atoms with Gasteiger partial charge in [0, 0.05) is 18.8 Å². The van der Waals surface area contributed by atoms with Gasteiger partial charge in [-0.05, 0) is 31.5 Å². The van der Waals surface area contributed by atoms with Crippen molar-refractivity contribution in [1.29, 1.82) is 0 Å². The van der Waals surface area contributed by atoms with Crippen LogP contribution < -0.4 is 11.3 Å². The predicted octanol–water partition coefficient (Wildman–Crippen LogP) is 0.324. The molecule has 1 saturated heterocycles. The van der Waals surface area contributed by atoms with Crippen LogP contribution >= 0.6 is 0 Å². The minimum Gasteiger partial charge on any atom is -0.395 e. The zero-order valence-corrected chi connectivity index (χ0v) is 9.26. The highest BCUT2D eigenvalue weighted by atomic mass is 16.3. The van der Waals surface area contributed by atoms with E-state index in [0.717, 1.165) is 37.3 Å². The summed E-state index contributed by atoms with van der Waals surface area (Å²) in [6, 6.07) is 4.06. The van der Waals surface area contributed by atoms with Gasteiger partial charge in [0.25, 0.3) is 0 Å². The molecule has 2 heterocycles. The smallest absolute Gasteiger partial charge is 0.0587 e. The van der Waals surface area contributed by atoms with E-state index in [4.69, 9.17) is 5.84 Å². The van der Waals surface area contributed by atoms with Crippen LogP contribution in [0.25, 0.3) is 0 Å². The summed E-state index contributed by atoms with van der Waals surface area (Å²) in [6.07, 6.45) is 3.97. The second-order valence-electron chi connectivity index (χ2n) is 4.13. The number of pyridine rings is 1. The molecule has 2 rings (SSSR count). The van der Waals surface area contributed by atoms with E-state index in [-0.39, 0.29) is 12.6 Å². The fourth-order valence-corrected chi connectivity index (χ4v) is 2.17. The van der Waals surface area contributed by atoms with E-state index >= 15 is 0 Å². The number of hydrogen-bond donors (Lipinski definition) is 3. The monoisotopic (exact) mass is 222 g/mol. The lowest BCUT2D eigenvalue weighted by atomic mass is 10.2. The number of likely N-dealkylation sites (tertiary alicyclic amines) is 1. The van der Waals surface area contributed by atoms with E-state index in [0.29, 0.717) is 0 Å². The molecule has 1 fully saturated rings. The fourth-order valence-electron chi connectivity index (χ4n) is 2.17. The number of aliphatic hydroxyl groups is 1. The van der Waals surface area contributed by atoms with Crippen molar-refractivity contribution < 1.29 is 5.11 Å². The number of rotatable bonds is 4. The lowest BCUT2D eigenvalue weighted by molar-refractivity contribution is 0.152. The van der Waals surface area contributed by atoms with Crippen LogP contribution in [0.2, 0.25) is 0 Å². The highest BCUT2D eigenvalue weighted by Gasteiger charge is 2.23. The van der Waals surface area contributed by atoms with Crippen molar-refractivity contribution in [2.75, 3.05) is 18.6 Å². The van der Waals surface area contributed by atoms with Gasteiger partial charge in [-0.2, -0.15) is 0 Å². The third-order valence-corrected chi connectivity index (χ3v) is 3.06. The Kier molecular flexibility index (Phi) is 3.71. The first-order valence-electron chi connectivity index (χ1n) is 5.60. The molecule has 1 aliphatic heterocycles. The van der Waals surface area contributed by atoms with Crippen LogP contribution in [0.5, 0.6) is 0 Å². The Bertz CT molecular complexity index is 345. The van der Waals surface area contributed by atoms with E-state index in [9.17, 15) is 5.11 Å². The van der Waals surface area contributed by atoms with E-state index in [2.05, 4.69) is 15.3 Å². The van der Waals surface area contributed by atoms with Gasteiger partial charge in [-0.25, -0.2) is 0 Å². The van der Waals surface area contributed by atoms with Crippen molar-refractivity contribution in [1.82, 2.24) is 9.88 Å². The Hall–Kier alpha value is -1.17. The van der Waals surface area contributed by atoms with Gasteiger partial charge in [0.2, 0.25) is 0 Å². The summed E-state index contributed by atoms with van der Waals surface area (Å²) in [6.45, 7) is 2.04. The Morgan fingerprint density at radius 3 is 3.25 bits per heavy atom. The number of anilines is 1. The Labute approximate surface area is 95.2 Å². The molecule has 4 N–H and O–H groups in total. The first-order valence-corrected chi connectivity index (χ1v) is 5.60. The van der Waals surface area contributed by atoms with Crippen LogP contribution in [0.1, 0.15) is 18.5 Å². The SMILES string of the molecule is NNc1ccnc(CN2CCCC2CO)c1. The third kappa shape index (κ3) is 2.49. The van der Waals surface area contributed by atoms with E-state index in [1.165, 1.54) is 0 Å². The zero-order valence-electron chi connectivity index (χ0n) is 9.26. The Morgan fingerprint density at radius 2 is 2.50 bits per heavy atom. The van der Waals surface area contributed by atoms with Gasteiger partial charge in [-0.3, -0.25) is 15.7 Å². The van der Waals surface area contributed by atoms with E-state index < -0.39 is 0 Å². The topological polar surface area (TPSA) is 74.4 Å². The minimum atomic E-state index is 0.231. The molecule has 0 spiro atoms. The van der Waals surface area contributed by atoms with Gasteiger partial charge in [0.1, 0.15) is 0 Å². The number of nitrogens with one attached hydrogen (secondary N) is 1. The molecule has 1 aliphatic rings. The lowest BCUT2D eigenvalue weighted by Gasteiger charge is -2.22. The largest absolute Gasteiger partial charge is 0.395 e. The van der Waals surface area contributed by atoms with Crippen LogP contribution in [0.15, 0.2) is 18.3 Å². The molecule has 0 amide bonds. The molecule has 1 unspecified atom stereocenters. The van der Waals surface area contributed by atoms with Crippen molar-refractivity contribution in [3.63, 3.8) is 0 Å². The number of hydrazine groups is 1. The van der Waals surface area contributed by atoms with Gasteiger partial charge >= 0.3 is 0 Å². The van der Waals surface area contributed by atoms with Crippen LogP contribution in [0.4, 0.5) is 5.69 Å². The highest BCUT2D eigenvalue weighted by molar-refractivity contribution is 5.41. The summed E-state index contributed by atoms with van der Waals surface area (Å²) in [5.41, 5.74) is 4.46. The van der Waals surface area contributed by atoms with Crippen molar-refractivity contribution in [2.45, 2.75) is 25.4 Å². The number of nitrogens with two attached hydrogens (primary N) is 1. The molecule has 88 valence electrons. The van der Waals surface area contributed by atoms with Crippen LogP contribution in [-0.2, 0) is 6.54 Å². The molecule has 16 heavy (non-hydrogen) atoms. The molecular formula is C11H18N4O. The molecular weight excluding hydrogens is 204 g/mol. The Morgan fingerprint density at radius 1 is 1.62 bits per heavy atom. The zero-order chi connectivity index (χ0) is 11.4. The van der Waals surface area contributed by atoms with Crippen molar-refractivity contribution >= 4 is 5.69 Å². The van der Waals surface area contributed by atoms with Crippen molar-refractivity contribution in [3.8, 4) is 0 Å². The van der Waals surface area contributed by atoms with Gasteiger partial charge in [-0.1, -0.05) is 0 Å². The number of nitrogen functional groups attached to an aromatic ring is 1. The maximum atomic E-state index is 9.22. The summed E-state index contributed by atoms with van der Waals surface area (Å²) in [5.74, 6) is 5.35. The summed E-state index contributed by atoms with van der Waals surface area (Å²) in [4.78, 5) is 6.57. The second-order valence-corrected chi connectivity index (χ2v) is 4.13. The maximum Gasteiger partial charge on any atom is 0.0587 e. The van der Waals surface area contributed by atoms with Crippen LogP contribution in [-0.4, -0.2) is 34.2 Å². The average Bonchev–Trinajstić information content (AvgIpc) is 2.76. The normalized spacial score (nSPS) is 21.2. The number of aliphatic hydroxyl groups excluding tert-OH is 1. The number of hydrogen-bond acceptors (Lipinski definition) is 5. The van der Waals surface area contributed by atoms with Gasteiger partial charge in [0.15, 0.2) is 0 Å². The molecule has 0 aliphatic carbocycles. The Balaban J connectivity index is 2.02. The maximum absolute atomic E-state index is 9.22. The highest BCUT2D eigenvalue weighted by Crippen LogP contribution is 2.19. The molecule has 0 aromatic carbocycles. The van der Waals surface area contributed by atoms with E-state index in [1.54, 1.807) is 6.20 Å². The van der Waals surface area contributed by atoms with Crippen molar-refractivity contribution in [2.24, 2.45) is 5.84 Å². The van der Waals surface area contributed by atoms with Gasteiger partial charge in [-0.15, -0.1) is 0 Å². The van der Waals surface area contributed by atoms with Gasteiger partial charge in [0.05, 0.1) is 18.0 Å². The molecule has 0 saturated carbocycles. The standard InChI is InChI=1S/C11H18N4O/c12-14-9-3-4-13-10(6-9)7-15-5-1-2-11(15)8-16/h3-4,6,11,16H,1-2,5,7-8,12H2,(H,13,14). The number of aromatic nitrogens is 1. The molecule has 5 nitrogen and oxygen atoms in total. The van der Waals surface area contributed by atoms with Crippen LogP contribution in [0, 0.1) is 0 Å². The summed E-state index contributed by atoms with van der Waals surface area (Å²) in [5, 5.41) is 9.22. The molecule has 0 bridgehead atoms. The number of nitrogens with zero attached hydrogens (tertiary/aromatic N) is 2. The second kappa shape index (κ2) is 5.25. The lowest BCUT2D eigenvalue weighted by Crippen LogP contribution is -2.31. The van der Waals surface area contributed by atoms with Gasteiger partial charge < -0.3 is 10.5 Å². The minimum absolute atomic E-state index is 0.231. The molecule has 0 radical (unpaired) electrons. The quantitative estimate of drug-likeness (QED) is 0.505. The molecule has 5 heteroatoms. The summed E-state index contributed by atoms with van der Waals surface area (Å²) >= 11 is 0. The summed E-state index contributed by atoms with van der Waals surface area (Å²) in [7, 11) is 0. The first-order chi connectivity index (χ1) is 7.83. The molecule has 1 atom stereocenters. The molecule has 1 aromatic rings. The van der Waals surface area contributed by atoms with Crippen LogP contribution in [0.3, 0.4) is 0 Å². The molecule has 1 aromatic heterocycles. The average molecular weight is 222 g/mol. The fraction of sp³-hybridized carbons (Fsp3) is 0.545. The third-order valence-electron chi connectivity index (χ3n) is 3.06. The first kappa shape index (κ1) is 11.3. The summed E-state index contributed by atoms with van der Waals surface area (Å²) < 4.78 is 0. The predicted molar refractivity (Wildman–Crippen MR) is 62.6 cm³/mol. The van der Waals surface area contributed by atoms with E-state index in [1.807, 2.05) is 12.1 Å².